The zero-order valence-corrected chi connectivity index (χ0v) is 12.7. The summed E-state index contributed by atoms with van der Waals surface area (Å²) in [6, 6.07) is 7.09. The number of carbonyl (C=O) groups is 1. The molecular weight excluding hydrogens is 299 g/mol. The van der Waals surface area contributed by atoms with Crippen molar-refractivity contribution in [2.75, 3.05) is 6.54 Å². The third kappa shape index (κ3) is 4.63. The highest BCUT2D eigenvalue weighted by Gasteiger charge is 2.27. The standard InChI is InChI=1S/C14H19ClN2O2.ClH/c15-11-4-1-9(2-5-11)13(18)8-17-14(19)10-3-6-12(16)7-10;/h1-2,4-5,10,12-13,18H,3,6-8,16H2,(H,17,19);1H. The first-order valence-corrected chi connectivity index (χ1v) is 6.91. The highest BCUT2D eigenvalue weighted by molar-refractivity contribution is 6.30. The Morgan fingerprint density at radius 2 is 2.05 bits per heavy atom. The minimum atomic E-state index is -0.712. The Morgan fingerprint density at radius 1 is 1.40 bits per heavy atom. The number of rotatable bonds is 4. The molecule has 1 aliphatic rings. The first-order chi connectivity index (χ1) is 9.06. The monoisotopic (exact) mass is 318 g/mol. The van der Waals surface area contributed by atoms with Gasteiger partial charge in [-0.2, -0.15) is 0 Å². The van der Waals surface area contributed by atoms with Crippen LogP contribution >= 0.6 is 24.0 Å². The van der Waals surface area contributed by atoms with E-state index >= 15 is 0 Å². The third-order valence-electron chi connectivity index (χ3n) is 3.57. The second-order valence-electron chi connectivity index (χ2n) is 5.08. The van der Waals surface area contributed by atoms with E-state index in [2.05, 4.69) is 5.32 Å². The van der Waals surface area contributed by atoms with Crippen molar-refractivity contribution < 1.29 is 9.90 Å². The first-order valence-electron chi connectivity index (χ1n) is 6.53. The van der Waals surface area contributed by atoms with E-state index in [0.717, 1.165) is 24.8 Å². The molecule has 3 unspecified atom stereocenters. The zero-order valence-electron chi connectivity index (χ0n) is 11.1. The minimum absolute atomic E-state index is 0. The smallest absolute Gasteiger partial charge is 0.223 e. The molecule has 3 atom stereocenters. The van der Waals surface area contributed by atoms with Crippen LogP contribution in [0.1, 0.15) is 30.9 Å². The molecule has 6 heteroatoms. The van der Waals surface area contributed by atoms with Crippen LogP contribution in [0.2, 0.25) is 5.02 Å². The van der Waals surface area contributed by atoms with Gasteiger partial charge in [-0.15, -0.1) is 12.4 Å². The molecule has 1 aromatic rings. The second-order valence-corrected chi connectivity index (χ2v) is 5.52. The summed E-state index contributed by atoms with van der Waals surface area (Å²) in [5.41, 5.74) is 6.53. The maximum atomic E-state index is 11.9. The number of nitrogens with two attached hydrogens (primary N) is 1. The number of halogens is 2. The quantitative estimate of drug-likeness (QED) is 0.795. The average Bonchev–Trinajstić information content (AvgIpc) is 2.83. The van der Waals surface area contributed by atoms with Gasteiger partial charge < -0.3 is 16.2 Å². The van der Waals surface area contributed by atoms with Crippen LogP contribution in [0.3, 0.4) is 0 Å². The average molecular weight is 319 g/mol. The molecule has 0 saturated heterocycles. The van der Waals surface area contributed by atoms with Crippen molar-refractivity contribution >= 4 is 29.9 Å². The number of hydrogen-bond donors (Lipinski definition) is 3. The van der Waals surface area contributed by atoms with E-state index in [0.29, 0.717) is 5.02 Å². The number of aliphatic hydroxyl groups is 1. The van der Waals surface area contributed by atoms with Crippen LogP contribution in [-0.2, 0) is 4.79 Å². The zero-order chi connectivity index (χ0) is 13.8. The molecule has 112 valence electrons. The number of aliphatic hydroxyl groups excluding tert-OH is 1. The predicted molar refractivity (Wildman–Crippen MR) is 82.0 cm³/mol. The summed E-state index contributed by atoms with van der Waals surface area (Å²) in [7, 11) is 0. The summed E-state index contributed by atoms with van der Waals surface area (Å²) < 4.78 is 0. The van der Waals surface area contributed by atoms with E-state index < -0.39 is 6.10 Å². The molecule has 1 aliphatic carbocycles. The molecule has 1 saturated carbocycles. The van der Waals surface area contributed by atoms with Crippen molar-refractivity contribution in [1.29, 1.82) is 0 Å². The largest absolute Gasteiger partial charge is 0.387 e. The molecule has 0 aliphatic heterocycles. The molecular formula is C14H20Cl2N2O2. The fourth-order valence-electron chi connectivity index (χ4n) is 2.40. The van der Waals surface area contributed by atoms with Gasteiger partial charge in [0.15, 0.2) is 0 Å². The van der Waals surface area contributed by atoms with E-state index in [-0.39, 0.29) is 36.8 Å². The Balaban J connectivity index is 0.00000200. The van der Waals surface area contributed by atoms with Crippen molar-refractivity contribution in [1.82, 2.24) is 5.32 Å². The maximum Gasteiger partial charge on any atom is 0.223 e. The second kappa shape index (κ2) is 7.84. The molecule has 1 aromatic carbocycles. The Bertz CT molecular complexity index is 439. The lowest BCUT2D eigenvalue weighted by Crippen LogP contribution is -2.33. The normalized spacial score (nSPS) is 22.9. The number of nitrogens with one attached hydrogen (secondary N) is 1. The minimum Gasteiger partial charge on any atom is -0.387 e. The lowest BCUT2D eigenvalue weighted by Gasteiger charge is -2.15. The molecule has 0 aromatic heterocycles. The number of carbonyl (C=O) groups excluding carboxylic acids is 1. The Labute approximate surface area is 130 Å². The summed E-state index contributed by atoms with van der Waals surface area (Å²) in [4.78, 5) is 11.9. The Morgan fingerprint density at radius 3 is 2.60 bits per heavy atom. The summed E-state index contributed by atoms with van der Waals surface area (Å²) in [6.45, 7) is 0.214. The van der Waals surface area contributed by atoms with E-state index in [4.69, 9.17) is 17.3 Å². The third-order valence-corrected chi connectivity index (χ3v) is 3.82. The van der Waals surface area contributed by atoms with Crippen LogP contribution in [0.15, 0.2) is 24.3 Å². The highest BCUT2D eigenvalue weighted by atomic mass is 35.5. The van der Waals surface area contributed by atoms with Crippen LogP contribution in [-0.4, -0.2) is 23.6 Å². The summed E-state index contributed by atoms with van der Waals surface area (Å²) in [5, 5.41) is 13.4. The predicted octanol–water partition coefficient (Wildman–Crippen LogP) is 2.04. The van der Waals surface area contributed by atoms with Crippen LogP contribution < -0.4 is 11.1 Å². The Kier molecular flexibility index (Phi) is 6.76. The molecule has 1 amide bonds. The fourth-order valence-corrected chi connectivity index (χ4v) is 2.52. The molecule has 0 heterocycles. The summed E-state index contributed by atoms with van der Waals surface area (Å²) in [5.74, 6) is -0.0200. The van der Waals surface area contributed by atoms with Crippen molar-refractivity contribution in [3.05, 3.63) is 34.9 Å². The van der Waals surface area contributed by atoms with Gasteiger partial charge in [-0.05, 0) is 37.0 Å². The van der Waals surface area contributed by atoms with Crippen LogP contribution in [0.4, 0.5) is 0 Å². The highest BCUT2D eigenvalue weighted by Crippen LogP contribution is 2.24. The summed E-state index contributed by atoms with van der Waals surface area (Å²) >= 11 is 5.78. The van der Waals surface area contributed by atoms with Gasteiger partial charge in [-0.3, -0.25) is 4.79 Å². The Hall–Kier alpha value is -0.810. The van der Waals surface area contributed by atoms with Gasteiger partial charge in [0.1, 0.15) is 0 Å². The van der Waals surface area contributed by atoms with Gasteiger partial charge in [0, 0.05) is 23.5 Å². The topological polar surface area (TPSA) is 75.4 Å². The molecule has 0 bridgehead atoms. The van der Waals surface area contributed by atoms with Crippen molar-refractivity contribution in [2.45, 2.75) is 31.4 Å². The van der Waals surface area contributed by atoms with Crippen molar-refractivity contribution in [2.24, 2.45) is 11.7 Å². The molecule has 0 spiro atoms. The maximum absolute atomic E-state index is 11.9. The first kappa shape index (κ1) is 17.2. The van der Waals surface area contributed by atoms with Crippen LogP contribution in [0, 0.1) is 5.92 Å². The lowest BCUT2D eigenvalue weighted by molar-refractivity contribution is -0.125. The van der Waals surface area contributed by atoms with Crippen molar-refractivity contribution in [3.63, 3.8) is 0 Å². The van der Waals surface area contributed by atoms with E-state index in [9.17, 15) is 9.90 Å². The van der Waals surface area contributed by atoms with Crippen LogP contribution in [0.5, 0.6) is 0 Å². The van der Waals surface area contributed by atoms with Crippen molar-refractivity contribution in [3.8, 4) is 0 Å². The van der Waals surface area contributed by atoms with Gasteiger partial charge in [0.05, 0.1) is 6.10 Å². The SMILES string of the molecule is Cl.NC1CCC(C(=O)NCC(O)c2ccc(Cl)cc2)C1. The number of amides is 1. The van der Waals surface area contributed by atoms with Gasteiger partial charge in [0.25, 0.3) is 0 Å². The molecule has 2 rings (SSSR count). The lowest BCUT2D eigenvalue weighted by atomic mass is 10.1. The molecule has 1 fully saturated rings. The van der Waals surface area contributed by atoms with Crippen LogP contribution in [0.25, 0.3) is 0 Å². The number of hydrogen-bond acceptors (Lipinski definition) is 3. The van der Waals surface area contributed by atoms with E-state index in [1.165, 1.54) is 0 Å². The van der Waals surface area contributed by atoms with E-state index in [1.807, 2.05) is 0 Å². The van der Waals surface area contributed by atoms with Gasteiger partial charge in [-0.25, -0.2) is 0 Å². The number of benzene rings is 1. The molecule has 20 heavy (non-hydrogen) atoms. The molecule has 0 radical (unpaired) electrons. The van der Waals surface area contributed by atoms with Gasteiger partial charge in [-0.1, -0.05) is 23.7 Å². The van der Waals surface area contributed by atoms with E-state index in [1.54, 1.807) is 24.3 Å². The molecule has 4 N–H and O–H groups in total. The molecule has 4 nitrogen and oxygen atoms in total. The van der Waals surface area contributed by atoms with Gasteiger partial charge >= 0.3 is 0 Å². The summed E-state index contributed by atoms with van der Waals surface area (Å²) in [6.07, 6.45) is 1.77. The fraction of sp³-hybridized carbons (Fsp3) is 0.500. The van der Waals surface area contributed by atoms with Gasteiger partial charge in [0.2, 0.25) is 5.91 Å².